The zero-order chi connectivity index (χ0) is 16.8. The fraction of sp³-hybridized carbons (Fsp3) is 0.421. The number of carbonyl (C=O) groups is 1. The molecule has 2 heterocycles. The Hall–Kier alpha value is -1.88. The number of carbonyl (C=O) groups excluding carboxylic acids is 1. The van der Waals surface area contributed by atoms with Crippen LogP contribution >= 0.6 is 11.3 Å². The van der Waals surface area contributed by atoms with Gasteiger partial charge in [-0.2, -0.15) is 0 Å². The second kappa shape index (κ2) is 8.29. The third-order valence-corrected chi connectivity index (χ3v) is 5.30. The Labute approximate surface area is 146 Å². The molecule has 1 unspecified atom stereocenters. The first-order valence-corrected chi connectivity index (χ1v) is 9.41. The molecule has 1 aromatic heterocycles. The predicted octanol–water partition coefficient (Wildman–Crippen LogP) is 4.00. The van der Waals surface area contributed by atoms with Crippen molar-refractivity contribution < 1.29 is 9.18 Å². The number of thiophene rings is 1. The maximum Gasteiger partial charge on any atom is 0.220 e. The molecule has 1 aromatic carbocycles. The van der Waals surface area contributed by atoms with Crippen LogP contribution in [0, 0.1) is 5.82 Å². The number of aryl methyl sites for hydroxylation is 1. The number of piperidine rings is 1. The summed E-state index contributed by atoms with van der Waals surface area (Å²) in [6.45, 7) is 1.66. The van der Waals surface area contributed by atoms with Crippen molar-refractivity contribution >= 4 is 22.9 Å². The summed E-state index contributed by atoms with van der Waals surface area (Å²) in [6, 6.07) is 11.0. The Kier molecular flexibility index (Phi) is 5.86. The largest absolute Gasteiger partial charge is 0.369 e. The Balaban J connectivity index is 1.45. The Bertz CT molecular complexity index is 659. The van der Waals surface area contributed by atoms with E-state index in [-0.39, 0.29) is 17.8 Å². The lowest BCUT2D eigenvalue weighted by atomic mass is 10.0. The quantitative estimate of drug-likeness (QED) is 0.857. The van der Waals surface area contributed by atoms with Crippen LogP contribution in [0.2, 0.25) is 0 Å². The van der Waals surface area contributed by atoms with Gasteiger partial charge in [0.25, 0.3) is 0 Å². The number of nitrogens with zero attached hydrogens (tertiary/aromatic N) is 1. The van der Waals surface area contributed by atoms with Gasteiger partial charge >= 0.3 is 0 Å². The van der Waals surface area contributed by atoms with Gasteiger partial charge in [0.2, 0.25) is 5.91 Å². The molecule has 2 aromatic rings. The molecule has 1 fully saturated rings. The van der Waals surface area contributed by atoms with Crippen LogP contribution < -0.4 is 10.2 Å². The van der Waals surface area contributed by atoms with E-state index in [1.165, 1.54) is 10.9 Å². The summed E-state index contributed by atoms with van der Waals surface area (Å²) in [6.07, 6.45) is 4.41. The fourth-order valence-corrected chi connectivity index (χ4v) is 3.93. The molecule has 1 aliphatic rings. The smallest absolute Gasteiger partial charge is 0.220 e. The minimum Gasteiger partial charge on any atom is -0.369 e. The van der Waals surface area contributed by atoms with Crippen LogP contribution in [-0.2, 0) is 11.2 Å². The SMILES string of the molecule is O=C(CCCc1cccs1)NC1CCCN(c2cccc(F)c2)C1. The van der Waals surface area contributed by atoms with Crippen LogP contribution in [0.3, 0.4) is 0 Å². The summed E-state index contributed by atoms with van der Waals surface area (Å²) in [4.78, 5) is 15.6. The first-order chi connectivity index (χ1) is 11.7. The summed E-state index contributed by atoms with van der Waals surface area (Å²) < 4.78 is 13.4. The van der Waals surface area contributed by atoms with E-state index in [1.54, 1.807) is 23.5 Å². The van der Waals surface area contributed by atoms with E-state index in [9.17, 15) is 9.18 Å². The summed E-state index contributed by atoms with van der Waals surface area (Å²) in [5, 5.41) is 5.21. The summed E-state index contributed by atoms with van der Waals surface area (Å²) in [5.74, 6) is -0.0927. The van der Waals surface area contributed by atoms with E-state index in [4.69, 9.17) is 0 Å². The summed E-state index contributed by atoms with van der Waals surface area (Å²) in [5.41, 5.74) is 0.895. The normalized spacial score (nSPS) is 17.7. The number of nitrogens with one attached hydrogen (secondary N) is 1. The molecule has 1 atom stereocenters. The van der Waals surface area contributed by atoms with E-state index >= 15 is 0 Å². The molecular formula is C19H23FN2OS. The molecule has 1 saturated heterocycles. The predicted molar refractivity (Wildman–Crippen MR) is 97.0 cm³/mol. The molecule has 0 saturated carbocycles. The summed E-state index contributed by atoms with van der Waals surface area (Å²) in [7, 11) is 0. The lowest BCUT2D eigenvalue weighted by Gasteiger charge is -2.34. The molecule has 5 heteroatoms. The van der Waals surface area contributed by atoms with Crippen molar-refractivity contribution in [3.8, 4) is 0 Å². The van der Waals surface area contributed by atoms with Crippen molar-refractivity contribution in [3.63, 3.8) is 0 Å². The van der Waals surface area contributed by atoms with Crippen molar-refractivity contribution in [1.82, 2.24) is 5.32 Å². The van der Waals surface area contributed by atoms with Crippen molar-refractivity contribution in [3.05, 3.63) is 52.5 Å². The lowest BCUT2D eigenvalue weighted by molar-refractivity contribution is -0.121. The highest BCUT2D eigenvalue weighted by Crippen LogP contribution is 2.21. The molecule has 1 N–H and O–H groups in total. The first kappa shape index (κ1) is 17.0. The average Bonchev–Trinajstić information content (AvgIpc) is 3.08. The number of anilines is 1. The van der Waals surface area contributed by atoms with E-state index in [0.29, 0.717) is 6.42 Å². The molecule has 128 valence electrons. The van der Waals surface area contributed by atoms with Gasteiger partial charge in [-0.1, -0.05) is 12.1 Å². The number of hydrogen-bond donors (Lipinski definition) is 1. The topological polar surface area (TPSA) is 32.3 Å². The van der Waals surface area contributed by atoms with Gasteiger partial charge in [-0.3, -0.25) is 4.79 Å². The van der Waals surface area contributed by atoms with Gasteiger partial charge in [0.1, 0.15) is 5.82 Å². The van der Waals surface area contributed by atoms with Gasteiger partial charge < -0.3 is 10.2 Å². The van der Waals surface area contributed by atoms with Gasteiger partial charge in [0.05, 0.1) is 0 Å². The standard InChI is InChI=1S/C19H23FN2OS/c20-15-5-1-7-17(13-15)22-11-3-6-16(14-22)21-19(23)10-2-8-18-9-4-12-24-18/h1,4-5,7,9,12-13,16H,2-3,6,8,10-11,14H2,(H,21,23). The number of rotatable bonds is 6. The molecule has 0 spiro atoms. The van der Waals surface area contributed by atoms with E-state index in [0.717, 1.165) is 44.5 Å². The van der Waals surface area contributed by atoms with Crippen LogP contribution in [0.4, 0.5) is 10.1 Å². The van der Waals surface area contributed by atoms with Crippen molar-refractivity contribution in [2.75, 3.05) is 18.0 Å². The number of hydrogen-bond acceptors (Lipinski definition) is 3. The molecule has 3 rings (SSSR count). The third-order valence-electron chi connectivity index (χ3n) is 4.37. The van der Waals surface area contributed by atoms with Gasteiger partial charge in [-0.05, 0) is 55.3 Å². The Morgan fingerprint density at radius 3 is 3.04 bits per heavy atom. The fourth-order valence-electron chi connectivity index (χ4n) is 3.18. The zero-order valence-corrected chi connectivity index (χ0v) is 14.5. The highest BCUT2D eigenvalue weighted by molar-refractivity contribution is 7.09. The van der Waals surface area contributed by atoms with E-state index in [1.807, 2.05) is 12.1 Å². The van der Waals surface area contributed by atoms with E-state index in [2.05, 4.69) is 21.7 Å². The molecule has 0 bridgehead atoms. The molecule has 0 aliphatic carbocycles. The minimum atomic E-state index is -0.216. The van der Waals surface area contributed by atoms with Gasteiger partial charge in [-0.15, -0.1) is 11.3 Å². The molecule has 3 nitrogen and oxygen atoms in total. The molecule has 0 radical (unpaired) electrons. The number of benzene rings is 1. The second-order valence-corrected chi connectivity index (χ2v) is 7.30. The minimum absolute atomic E-state index is 0.123. The Morgan fingerprint density at radius 1 is 1.33 bits per heavy atom. The van der Waals surface area contributed by atoms with Gasteiger partial charge in [-0.25, -0.2) is 4.39 Å². The van der Waals surface area contributed by atoms with Gasteiger partial charge in [0, 0.05) is 36.1 Å². The number of halogens is 1. The lowest BCUT2D eigenvalue weighted by Crippen LogP contribution is -2.47. The van der Waals surface area contributed by atoms with Crippen molar-refractivity contribution in [2.45, 2.75) is 38.1 Å². The third kappa shape index (κ3) is 4.81. The first-order valence-electron chi connectivity index (χ1n) is 8.53. The van der Waals surface area contributed by atoms with Gasteiger partial charge in [0.15, 0.2) is 0 Å². The highest BCUT2D eigenvalue weighted by Gasteiger charge is 2.21. The monoisotopic (exact) mass is 346 g/mol. The molecular weight excluding hydrogens is 323 g/mol. The second-order valence-electron chi connectivity index (χ2n) is 6.27. The van der Waals surface area contributed by atoms with Crippen LogP contribution in [-0.4, -0.2) is 25.0 Å². The van der Waals surface area contributed by atoms with Crippen LogP contribution in [0.5, 0.6) is 0 Å². The van der Waals surface area contributed by atoms with Crippen molar-refractivity contribution in [2.24, 2.45) is 0 Å². The van der Waals surface area contributed by atoms with Crippen LogP contribution in [0.25, 0.3) is 0 Å². The Morgan fingerprint density at radius 2 is 2.25 bits per heavy atom. The zero-order valence-electron chi connectivity index (χ0n) is 13.7. The van der Waals surface area contributed by atoms with E-state index < -0.39 is 0 Å². The van der Waals surface area contributed by atoms with Crippen LogP contribution in [0.15, 0.2) is 41.8 Å². The summed E-state index contributed by atoms with van der Waals surface area (Å²) >= 11 is 1.74. The molecule has 1 aliphatic heterocycles. The molecule has 24 heavy (non-hydrogen) atoms. The highest BCUT2D eigenvalue weighted by atomic mass is 32.1. The molecule has 1 amide bonds. The number of amides is 1. The van der Waals surface area contributed by atoms with Crippen molar-refractivity contribution in [1.29, 1.82) is 0 Å². The van der Waals surface area contributed by atoms with Crippen LogP contribution in [0.1, 0.15) is 30.6 Å². The maximum absolute atomic E-state index is 13.4. The maximum atomic E-state index is 13.4. The average molecular weight is 346 g/mol.